The van der Waals surface area contributed by atoms with Crippen molar-refractivity contribution in [1.82, 2.24) is 20.2 Å². The molecule has 1 heterocycles. The lowest BCUT2D eigenvalue weighted by atomic mass is 10.1. The molecule has 0 bridgehead atoms. The lowest BCUT2D eigenvalue weighted by Gasteiger charge is -2.07. The minimum atomic E-state index is -1.03. The van der Waals surface area contributed by atoms with E-state index in [2.05, 4.69) is 15.4 Å². The van der Waals surface area contributed by atoms with Crippen LogP contribution in [0, 0.1) is 6.92 Å². The molecule has 0 fully saturated rings. The zero-order valence-electron chi connectivity index (χ0n) is 9.99. The Morgan fingerprint density at radius 1 is 1.50 bits per heavy atom. The Labute approximate surface area is 103 Å². The number of carbonyl (C=O) groups is 1. The first kappa shape index (κ1) is 12.0. The first-order valence-corrected chi connectivity index (χ1v) is 5.26. The van der Waals surface area contributed by atoms with E-state index >= 15 is 0 Å². The molecule has 0 saturated carbocycles. The molecule has 2 rings (SSSR count). The zero-order valence-corrected chi connectivity index (χ0v) is 9.99. The number of aromatic nitrogens is 4. The van der Waals surface area contributed by atoms with Gasteiger partial charge in [0.1, 0.15) is 11.3 Å². The molecule has 1 N–H and O–H groups in total. The summed E-state index contributed by atoms with van der Waals surface area (Å²) in [6.07, 6.45) is 0. The first-order valence-electron chi connectivity index (χ1n) is 5.26. The van der Waals surface area contributed by atoms with Gasteiger partial charge in [-0.05, 0) is 24.3 Å². The quantitative estimate of drug-likeness (QED) is 0.860. The van der Waals surface area contributed by atoms with Gasteiger partial charge in [0.15, 0.2) is 6.61 Å². The second-order valence-corrected chi connectivity index (χ2v) is 3.79. The Bertz CT molecular complexity index is 579. The highest BCUT2D eigenvalue weighted by atomic mass is 16.5. The Balaban J connectivity index is 2.16. The maximum Gasteiger partial charge on any atom is 0.339 e. The minimum absolute atomic E-state index is 0.0805. The van der Waals surface area contributed by atoms with Crippen LogP contribution in [0.2, 0.25) is 0 Å². The van der Waals surface area contributed by atoms with Gasteiger partial charge in [0, 0.05) is 0 Å². The van der Waals surface area contributed by atoms with E-state index < -0.39 is 5.97 Å². The number of carboxylic acids is 1. The molecule has 94 valence electrons. The van der Waals surface area contributed by atoms with Crippen molar-refractivity contribution < 1.29 is 14.6 Å². The van der Waals surface area contributed by atoms with Crippen molar-refractivity contribution in [3.05, 3.63) is 35.2 Å². The predicted octanol–water partition coefficient (Wildman–Crippen LogP) is 0.796. The van der Waals surface area contributed by atoms with Gasteiger partial charge >= 0.3 is 5.97 Å². The van der Waals surface area contributed by atoms with Crippen molar-refractivity contribution in [3.63, 3.8) is 0 Å². The van der Waals surface area contributed by atoms with Crippen LogP contribution in [0.3, 0.4) is 0 Å². The van der Waals surface area contributed by atoms with E-state index in [1.54, 1.807) is 25.2 Å². The summed E-state index contributed by atoms with van der Waals surface area (Å²) >= 11 is 0. The van der Waals surface area contributed by atoms with Crippen LogP contribution in [0.1, 0.15) is 21.7 Å². The van der Waals surface area contributed by atoms with Gasteiger partial charge in [0.2, 0.25) is 5.82 Å². The average molecular weight is 248 g/mol. The number of aryl methyl sites for hydroxylation is 2. The molecule has 0 aliphatic heterocycles. The van der Waals surface area contributed by atoms with Crippen LogP contribution in [-0.4, -0.2) is 31.3 Å². The third-order valence-electron chi connectivity index (χ3n) is 2.27. The average Bonchev–Trinajstić information content (AvgIpc) is 2.73. The van der Waals surface area contributed by atoms with Gasteiger partial charge in [0.05, 0.1) is 7.05 Å². The number of carboxylic acid groups (broad SMARTS) is 1. The molecule has 0 spiro atoms. The number of tetrazole rings is 1. The van der Waals surface area contributed by atoms with Crippen molar-refractivity contribution in [2.24, 2.45) is 7.05 Å². The van der Waals surface area contributed by atoms with Crippen molar-refractivity contribution in [1.29, 1.82) is 0 Å². The van der Waals surface area contributed by atoms with Crippen molar-refractivity contribution >= 4 is 5.97 Å². The summed E-state index contributed by atoms with van der Waals surface area (Å²) in [6.45, 7) is 1.90. The van der Waals surface area contributed by atoms with E-state index in [4.69, 9.17) is 9.84 Å². The van der Waals surface area contributed by atoms with Gasteiger partial charge in [-0.2, -0.15) is 4.80 Å². The number of hydrogen-bond donors (Lipinski definition) is 1. The molecule has 7 nitrogen and oxygen atoms in total. The molecule has 0 aliphatic rings. The van der Waals surface area contributed by atoms with Gasteiger partial charge in [-0.1, -0.05) is 11.6 Å². The molecule has 0 atom stereocenters. The van der Waals surface area contributed by atoms with Crippen LogP contribution < -0.4 is 4.74 Å². The van der Waals surface area contributed by atoms with Gasteiger partial charge in [-0.15, -0.1) is 10.2 Å². The van der Waals surface area contributed by atoms with Crippen LogP contribution in [0.25, 0.3) is 0 Å². The van der Waals surface area contributed by atoms with Crippen LogP contribution in [-0.2, 0) is 13.7 Å². The fourth-order valence-corrected chi connectivity index (χ4v) is 1.46. The maximum absolute atomic E-state index is 11.1. The van der Waals surface area contributed by atoms with E-state index in [0.717, 1.165) is 5.56 Å². The molecule has 2 aromatic rings. The van der Waals surface area contributed by atoms with E-state index in [0.29, 0.717) is 11.6 Å². The molecule has 1 aromatic heterocycles. The van der Waals surface area contributed by atoms with Crippen molar-refractivity contribution in [2.75, 3.05) is 0 Å². The fraction of sp³-hybridized carbons (Fsp3) is 0.273. The largest absolute Gasteiger partial charge is 0.485 e. The fourth-order valence-electron chi connectivity index (χ4n) is 1.46. The Morgan fingerprint density at radius 3 is 2.89 bits per heavy atom. The van der Waals surface area contributed by atoms with Crippen LogP contribution in [0.5, 0.6) is 5.75 Å². The second kappa shape index (κ2) is 4.82. The molecule has 18 heavy (non-hydrogen) atoms. The van der Waals surface area contributed by atoms with Gasteiger partial charge in [-0.25, -0.2) is 4.79 Å². The number of rotatable bonds is 4. The number of ether oxygens (including phenoxy) is 1. The first-order chi connectivity index (χ1) is 8.56. The molecule has 0 unspecified atom stereocenters. The minimum Gasteiger partial charge on any atom is -0.485 e. The van der Waals surface area contributed by atoms with E-state index in [1.807, 2.05) is 6.92 Å². The third-order valence-corrected chi connectivity index (χ3v) is 2.27. The smallest absolute Gasteiger partial charge is 0.339 e. The van der Waals surface area contributed by atoms with Gasteiger partial charge in [0.25, 0.3) is 0 Å². The molecule has 0 aliphatic carbocycles. The summed E-state index contributed by atoms with van der Waals surface area (Å²) in [5.74, 6) is -0.337. The summed E-state index contributed by atoms with van der Waals surface area (Å²) in [4.78, 5) is 12.4. The Kier molecular flexibility index (Phi) is 3.22. The zero-order chi connectivity index (χ0) is 13.1. The normalized spacial score (nSPS) is 10.3. The maximum atomic E-state index is 11.1. The standard InChI is InChI=1S/C11H12N4O3/c1-7-3-4-9(8(5-7)11(16)17)18-6-10-12-14-15(2)13-10/h3-5H,6H2,1-2H3,(H,16,17). The summed E-state index contributed by atoms with van der Waals surface area (Å²) in [5, 5.41) is 20.4. The van der Waals surface area contributed by atoms with Crippen molar-refractivity contribution in [3.8, 4) is 5.75 Å². The number of hydrogen-bond acceptors (Lipinski definition) is 5. The molecular formula is C11H12N4O3. The van der Waals surface area contributed by atoms with Crippen LogP contribution in [0.15, 0.2) is 18.2 Å². The SMILES string of the molecule is Cc1ccc(OCc2nnn(C)n2)c(C(=O)O)c1. The third kappa shape index (κ3) is 2.62. The lowest BCUT2D eigenvalue weighted by Crippen LogP contribution is -2.05. The Hall–Kier alpha value is -2.44. The van der Waals surface area contributed by atoms with E-state index in [1.165, 1.54) is 4.80 Å². The van der Waals surface area contributed by atoms with Crippen LogP contribution >= 0.6 is 0 Å². The van der Waals surface area contributed by atoms with Crippen LogP contribution in [0.4, 0.5) is 0 Å². The van der Waals surface area contributed by atoms with Gasteiger partial charge in [-0.3, -0.25) is 0 Å². The van der Waals surface area contributed by atoms with E-state index in [9.17, 15) is 4.79 Å². The number of nitrogens with zero attached hydrogens (tertiary/aromatic N) is 4. The topological polar surface area (TPSA) is 90.1 Å². The molecule has 1 aromatic carbocycles. The van der Waals surface area contributed by atoms with E-state index in [-0.39, 0.29) is 12.2 Å². The highest BCUT2D eigenvalue weighted by Crippen LogP contribution is 2.20. The summed E-state index contributed by atoms with van der Waals surface area (Å²) in [6, 6.07) is 4.96. The Morgan fingerprint density at radius 2 is 2.28 bits per heavy atom. The summed E-state index contributed by atoms with van der Waals surface area (Å²) in [5.41, 5.74) is 0.983. The molecule has 0 radical (unpaired) electrons. The highest BCUT2D eigenvalue weighted by molar-refractivity contribution is 5.91. The number of benzene rings is 1. The second-order valence-electron chi connectivity index (χ2n) is 3.79. The molecule has 0 saturated heterocycles. The highest BCUT2D eigenvalue weighted by Gasteiger charge is 2.12. The van der Waals surface area contributed by atoms with Gasteiger partial charge < -0.3 is 9.84 Å². The molecule has 7 heteroatoms. The lowest BCUT2D eigenvalue weighted by molar-refractivity contribution is 0.0691. The number of aromatic carboxylic acids is 1. The monoisotopic (exact) mass is 248 g/mol. The van der Waals surface area contributed by atoms with Crippen molar-refractivity contribution in [2.45, 2.75) is 13.5 Å². The molecule has 0 amide bonds. The summed E-state index contributed by atoms with van der Waals surface area (Å²) in [7, 11) is 1.64. The molecular weight excluding hydrogens is 236 g/mol. The predicted molar refractivity (Wildman–Crippen MR) is 61.3 cm³/mol. The summed E-state index contributed by atoms with van der Waals surface area (Å²) < 4.78 is 5.39.